The van der Waals surface area contributed by atoms with Gasteiger partial charge in [-0.2, -0.15) is 0 Å². The maximum absolute atomic E-state index is 10.8. The number of aliphatic hydroxyl groups excluding tert-OH is 1. The predicted octanol–water partition coefficient (Wildman–Crippen LogP) is 1.63. The molecule has 3 N–H and O–H groups in total. The minimum atomic E-state index is -0.947. The van der Waals surface area contributed by atoms with E-state index in [1.807, 2.05) is 0 Å². The molecule has 0 radical (unpaired) electrons. The highest BCUT2D eigenvalue weighted by atomic mass is 79.9. The Balaban J connectivity index is 2.63. The number of aliphatic hydroxyl groups is 1. The van der Waals surface area contributed by atoms with Crippen LogP contribution in [0.3, 0.4) is 0 Å². The molecule has 0 aliphatic heterocycles. The number of carboxylic acid groups (broad SMARTS) is 1. The molecule has 0 aliphatic carbocycles. The van der Waals surface area contributed by atoms with E-state index in [0.717, 1.165) is 10.0 Å². The van der Waals surface area contributed by atoms with Gasteiger partial charge >= 0.3 is 5.97 Å². The summed E-state index contributed by atoms with van der Waals surface area (Å²) in [4.78, 5) is 10.8. The molecule has 0 amide bonds. The monoisotopic (exact) mass is 331 g/mol. The van der Waals surface area contributed by atoms with Crippen LogP contribution in [-0.4, -0.2) is 42.5 Å². The summed E-state index contributed by atoms with van der Waals surface area (Å²) >= 11 is 3.36. The number of halogens is 1. The minimum absolute atomic E-state index is 0.0704. The number of hydrogen-bond donors (Lipinski definition) is 3. The number of ether oxygens (including phenoxy) is 1. The van der Waals surface area contributed by atoms with E-state index in [0.29, 0.717) is 19.6 Å². The molecule has 0 heterocycles. The van der Waals surface area contributed by atoms with Crippen LogP contribution < -0.4 is 5.32 Å². The molecule has 0 fully saturated rings. The van der Waals surface area contributed by atoms with Crippen LogP contribution >= 0.6 is 15.9 Å². The van der Waals surface area contributed by atoms with E-state index in [9.17, 15) is 4.79 Å². The van der Waals surface area contributed by atoms with Crippen molar-refractivity contribution in [1.82, 2.24) is 5.32 Å². The van der Waals surface area contributed by atoms with Crippen molar-refractivity contribution in [3.63, 3.8) is 0 Å². The normalized spacial score (nSPS) is 12.4. The number of carboxylic acids is 1. The highest BCUT2D eigenvalue weighted by Gasteiger charge is 2.10. The fourth-order valence-corrected chi connectivity index (χ4v) is 2.20. The molecular formula is C13H18BrNO4. The summed E-state index contributed by atoms with van der Waals surface area (Å²) in [5.41, 5.74) is 1.21. The number of benzene rings is 1. The van der Waals surface area contributed by atoms with Gasteiger partial charge < -0.3 is 20.3 Å². The van der Waals surface area contributed by atoms with Gasteiger partial charge in [0.1, 0.15) is 0 Å². The third kappa shape index (κ3) is 5.28. The van der Waals surface area contributed by atoms with Crippen LogP contribution in [0.4, 0.5) is 0 Å². The standard InChI is InChI=1S/C13H18BrNO4/c1-19-8-11(4-5-16)15-7-10-3-2-9(13(17)18)6-12(10)14/h2-3,6,11,15-16H,4-5,7-8H2,1H3,(H,17,18). The van der Waals surface area contributed by atoms with E-state index in [1.54, 1.807) is 25.3 Å². The van der Waals surface area contributed by atoms with Crippen LogP contribution in [0.2, 0.25) is 0 Å². The van der Waals surface area contributed by atoms with Crippen LogP contribution in [0.5, 0.6) is 0 Å². The lowest BCUT2D eigenvalue weighted by molar-refractivity contribution is 0.0697. The third-order valence-corrected chi connectivity index (χ3v) is 3.46. The summed E-state index contributed by atoms with van der Waals surface area (Å²) < 4.78 is 5.81. The van der Waals surface area contributed by atoms with Gasteiger partial charge in [0.25, 0.3) is 0 Å². The molecular weight excluding hydrogens is 314 g/mol. The molecule has 1 aromatic rings. The Hall–Kier alpha value is -0.950. The van der Waals surface area contributed by atoms with Crippen molar-refractivity contribution in [3.8, 4) is 0 Å². The third-order valence-electron chi connectivity index (χ3n) is 2.73. The molecule has 1 unspecified atom stereocenters. The molecule has 19 heavy (non-hydrogen) atoms. The zero-order valence-corrected chi connectivity index (χ0v) is 12.3. The maximum Gasteiger partial charge on any atom is 0.335 e. The molecule has 0 aliphatic rings. The smallest absolute Gasteiger partial charge is 0.335 e. The summed E-state index contributed by atoms with van der Waals surface area (Å²) in [6.07, 6.45) is 0.610. The lowest BCUT2D eigenvalue weighted by Crippen LogP contribution is -2.33. The molecule has 0 saturated carbocycles. The van der Waals surface area contributed by atoms with Gasteiger partial charge in [0.2, 0.25) is 0 Å². The van der Waals surface area contributed by atoms with Gasteiger partial charge in [-0.25, -0.2) is 4.79 Å². The fourth-order valence-electron chi connectivity index (χ4n) is 1.68. The zero-order chi connectivity index (χ0) is 14.3. The highest BCUT2D eigenvalue weighted by molar-refractivity contribution is 9.10. The average Bonchev–Trinajstić information content (AvgIpc) is 2.37. The van der Waals surface area contributed by atoms with Gasteiger partial charge in [0, 0.05) is 30.8 Å². The molecule has 1 atom stereocenters. The average molecular weight is 332 g/mol. The quantitative estimate of drug-likeness (QED) is 0.674. The number of nitrogens with one attached hydrogen (secondary N) is 1. The van der Waals surface area contributed by atoms with Crippen molar-refractivity contribution < 1.29 is 19.7 Å². The van der Waals surface area contributed by atoms with Crippen LogP contribution in [-0.2, 0) is 11.3 Å². The van der Waals surface area contributed by atoms with E-state index in [2.05, 4.69) is 21.2 Å². The second kappa shape index (κ2) is 8.27. The number of hydrogen-bond acceptors (Lipinski definition) is 4. The van der Waals surface area contributed by atoms with Gasteiger partial charge in [0.15, 0.2) is 0 Å². The summed E-state index contributed by atoms with van der Waals surface area (Å²) in [7, 11) is 1.61. The predicted molar refractivity (Wildman–Crippen MR) is 75.3 cm³/mol. The first kappa shape index (κ1) is 16.1. The Labute approximate surface area is 120 Å². The summed E-state index contributed by atoms with van der Waals surface area (Å²) in [6.45, 7) is 1.19. The van der Waals surface area contributed by atoms with Crippen LogP contribution in [0.15, 0.2) is 22.7 Å². The lowest BCUT2D eigenvalue weighted by atomic mass is 10.1. The van der Waals surface area contributed by atoms with E-state index in [1.165, 1.54) is 0 Å². The van der Waals surface area contributed by atoms with Crippen molar-refractivity contribution in [1.29, 1.82) is 0 Å². The summed E-state index contributed by atoms with van der Waals surface area (Å²) in [6, 6.07) is 4.99. The second-order valence-corrected chi connectivity index (χ2v) is 5.01. The molecule has 0 saturated heterocycles. The van der Waals surface area contributed by atoms with Crippen molar-refractivity contribution in [2.75, 3.05) is 20.3 Å². The van der Waals surface area contributed by atoms with Gasteiger partial charge in [-0.05, 0) is 24.1 Å². The molecule has 0 bridgehead atoms. The number of carbonyl (C=O) groups is 1. The van der Waals surface area contributed by atoms with Gasteiger partial charge in [-0.15, -0.1) is 0 Å². The van der Waals surface area contributed by atoms with Crippen LogP contribution in [0, 0.1) is 0 Å². The van der Waals surface area contributed by atoms with E-state index < -0.39 is 5.97 Å². The van der Waals surface area contributed by atoms with Gasteiger partial charge in [-0.1, -0.05) is 22.0 Å². The van der Waals surface area contributed by atoms with Gasteiger partial charge in [-0.3, -0.25) is 0 Å². The van der Waals surface area contributed by atoms with Crippen molar-refractivity contribution >= 4 is 21.9 Å². The van der Waals surface area contributed by atoms with E-state index in [-0.39, 0.29) is 18.2 Å². The largest absolute Gasteiger partial charge is 0.478 e. The Morgan fingerprint density at radius 2 is 2.26 bits per heavy atom. The topological polar surface area (TPSA) is 78.8 Å². The fraction of sp³-hybridized carbons (Fsp3) is 0.462. The molecule has 6 heteroatoms. The first-order valence-electron chi connectivity index (χ1n) is 5.93. The highest BCUT2D eigenvalue weighted by Crippen LogP contribution is 2.19. The Kier molecular flexibility index (Phi) is 7.01. The summed E-state index contributed by atoms with van der Waals surface area (Å²) in [5.74, 6) is -0.947. The van der Waals surface area contributed by atoms with Crippen molar-refractivity contribution in [2.24, 2.45) is 0 Å². The Morgan fingerprint density at radius 1 is 1.53 bits per heavy atom. The summed E-state index contributed by atoms with van der Waals surface area (Å²) in [5, 5.41) is 21.1. The molecule has 1 rings (SSSR count). The number of rotatable bonds is 8. The van der Waals surface area contributed by atoms with E-state index >= 15 is 0 Å². The molecule has 0 spiro atoms. The Morgan fingerprint density at radius 3 is 2.79 bits per heavy atom. The Bertz CT molecular complexity index is 419. The van der Waals surface area contributed by atoms with Crippen LogP contribution in [0.25, 0.3) is 0 Å². The van der Waals surface area contributed by atoms with Crippen molar-refractivity contribution in [2.45, 2.75) is 19.0 Å². The number of aromatic carboxylic acids is 1. The molecule has 1 aromatic carbocycles. The minimum Gasteiger partial charge on any atom is -0.478 e. The lowest BCUT2D eigenvalue weighted by Gasteiger charge is -2.17. The first-order chi connectivity index (χ1) is 9.08. The molecule has 5 nitrogen and oxygen atoms in total. The van der Waals surface area contributed by atoms with E-state index in [4.69, 9.17) is 14.9 Å². The number of methoxy groups -OCH3 is 1. The van der Waals surface area contributed by atoms with Crippen LogP contribution in [0.1, 0.15) is 22.3 Å². The zero-order valence-electron chi connectivity index (χ0n) is 10.7. The second-order valence-electron chi connectivity index (χ2n) is 4.16. The van der Waals surface area contributed by atoms with Gasteiger partial charge in [0.05, 0.1) is 12.2 Å². The van der Waals surface area contributed by atoms with Crippen molar-refractivity contribution in [3.05, 3.63) is 33.8 Å². The maximum atomic E-state index is 10.8. The molecule has 0 aromatic heterocycles. The molecule has 106 valence electrons. The SMILES string of the molecule is COCC(CCO)NCc1ccc(C(=O)O)cc1Br. The first-order valence-corrected chi connectivity index (χ1v) is 6.72.